The van der Waals surface area contributed by atoms with E-state index in [1.807, 2.05) is 0 Å². The number of nitrogens with two attached hydrogens (primary N) is 4. The number of aliphatic hydroxyl groups excluding tert-OH is 6. The monoisotopic (exact) mass is 640 g/mol. The van der Waals surface area contributed by atoms with E-state index in [9.17, 15) is 30.6 Å². The van der Waals surface area contributed by atoms with E-state index in [0.717, 1.165) is 18.6 Å². The van der Waals surface area contributed by atoms with Crippen molar-refractivity contribution in [3.05, 3.63) is 0 Å². The normalized spacial score (nSPS) is 44.0. The zero-order chi connectivity index (χ0) is 31.7. The highest BCUT2D eigenvalue weighted by molar-refractivity contribution is 7.99. The Balaban J connectivity index is 1.54. The molecule has 3 fully saturated rings. The summed E-state index contributed by atoms with van der Waals surface area (Å²) in [5.74, 6) is 1.35. The highest BCUT2D eigenvalue weighted by Gasteiger charge is 2.51. The predicted octanol–water partition coefficient (Wildman–Crippen LogP) is -2.41. The topological polar surface area (TPSA) is 262 Å². The molecule has 0 spiro atoms. The molecule has 43 heavy (non-hydrogen) atoms. The van der Waals surface area contributed by atoms with Crippen LogP contribution in [0.25, 0.3) is 0 Å². The van der Waals surface area contributed by atoms with Crippen LogP contribution in [0.2, 0.25) is 0 Å². The van der Waals surface area contributed by atoms with Gasteiger partial charge in [-0.3, -0.25) is 0 Å². The fraction of sp³-hybridized carbons (Fsp3) is 1.00. The van der Waals surface area contributed by atoms with Crippen LogP contribution in [0.3, 0.4) is 0 Å². The molecule has 15 atom stereocenters. The number of unbranched alkanes of at least 4 members (excludes halogenated alkanes) is 7. The smallest absolute Gasteiger partial charge is 0.187 e. The number of hydrogen-bond acceptors (Lipinski definition) is 15. The van der Waals surface area contributed by atoms with Gasteiger partial charge in [-0.05, 0) is 18.6 Å². The second-order valence-electron chi connectivity index (χ2n) is 12.2. The molecule has 3 aliphatic rings. The van der Waals surface area contributed by atoms with Gasteiger partial charge < -0.3 is 72.5 Å². The summed E-state index contributed by atoms with van der Waals surface area (Å²) in [7, 11) is 0. The van der Waals surface area contributed by atoms with Crippen molar-refractivity contribution in [3.8, 4) is 0 Å². The quantitative estimate of drug-likeness (QED) is 0.0788. The molecule has 0 radical (unpaired) electrons. The summed E-state index contributed by atoms with van der Waals surface area (Å²) in [5.41, 5.74) is 24.3. The minimum atomic E-state index is -1.64. The molecule has 0 aromatic heterocycles. The molecular weight excluding hydrogens is 584 g/mol. The molecule has 1 saturated carbocycles. The maximum absolute atomic E-state index is 11.2. The molecule has 0 aromatic rings. The third kappa shape index (κ3) is 9.89. The van der Waals surface area contributed by atoms with Crippen LogP contribution in [0, 0.1) is 0 Å². The molecule has 3 rings (SSSR count). The second-order valence-corrected chi connectivity index (χ2v) is 13.3. The van der Waals surface area contributed by atoms with E-state index < -0.39 is 91.7 Å². The summed E-state index contributed by atoms with van der Waals surface area (Å²) in [5, 5.41) is 63.4. The molecule has 0 unspecified atom stereocenters. The number of hydrogen-bond donors (Lipinski definition) is 10. The van der Waals surface area contributed by atoms with Gasteiger partial charge >= 0.3 is 0 Å². The number of ether oxygens (including phenoxy) is 4. The lowest BCUT2D eigenvalue weighted by molar-refractivity contribution is -0.330. The van der Waals surface area contributed by atoms with E-state index in [0.29, 0.717) is 5.75 Å². The minimum Gasteiger partial charge on any atom is -0.389 e. The molecule has 2 heterocycles. The number of thioether (sulfide) groups is 1. The molecule has 2 aliphatic heterocycles. The molecule has 15 heteroatoms. The Kier molecular flexibility index (Phi) is 15.8. The van der Waals surface area contributed by atoms with Crippen LogP contribution in [-0.2, 0) is 18.9 Å². The summed E-state index contributed by atoms with van der Waals surface area (Å²) in [4.78, 5) is 0. The summed E-state index contributed by atoms with van der Waals surface area (Å²) < 4.78 is 23.3. The molecule has 0 aromatic carbocycles. The molecular formula is C28H56N4O10S. The van der Waals surface area contributed by atoms with Crippen molar-refractivity contribution < 1.29 is 49.6 Å². The van der Waals surface area contributed by atoms with Crippen molar-refractivity contribution in [2.45, 2.75) is 156 Å². The molecule has 14 nitrogen and oxygen atoms in total. The van der Waals surface area contributed by atoms with Crippen LogP contribution in [0.1, 0.15) is 64.7 Å². The fourth-order valence-corrected chi connectivity index (χ4v) is 7.01. The van der Waals surface area contributed by atoms with Gasteiger partial charge in [0.15, 0.2) is 12.6 Å². The van der Waals surface area contributed by atoms with E-state index in [2.05, 4.69) is 6.92 Å². The third-order valence-electron chi connectivity index (χ3n) is 8.73. The predicted molar refractivity (Wildman–Crippen MR) is 161 cm³/mol. The fourth-order valence-electron chi connectivity index (χ4n) is 5.92. The summed E-state index contributed by atoms with van der Waals surface area (Å²) in [6.07, 6.45) is -5.47. The standard InChI is InChI=1S/C28H56N4O10S/c1-2-3-4-5-6-7-8-9-10-43-13-17-19(33)18(32)21(35)27(40-17)41-25-14(30)11-15(31)26(24(25)38)42-28-23(37)22(36)20(34)16(12-29)39-28/h14-28,33-38H,2-13,29-32H2,1H3/t14-,15+,16-,17-,18+,19-,20-,21-,22+,23-,24-,25+,26-,27-,28-/m1/s1. The average molecular weight is 641 g/mol. The Morgan fingerprint density at radius 1 is 0.651 bits per heavy atom. The van der Waals surface area contributed by atoms with Crippen LogP contribution >= 0.6 is 11.8 Å². The summed E-state index contributed by atoms with van der Waals surface area (Å²) in [6, 6.07) is -2.63. The van der Waals surface area contributed by atoms with Gasteiger partial charge in [0.25, 0.3) is 0 Å². The van der Waals surface area contributed by atoms with E-state index in [1.165, 1.54) is 38.5 Å². The van der Waals surface area contributed by atoms with E-state index in [4.69, 9.17) is 41.9 Å². The zero-order valence-corrected chi connectivity index (χ0v) is 26.0. The van der Waals surface area contributed by atoms with Gasteiger partial charge in [0, 0.05) is 24.4 Å². The Hall–Kier alpha value is -0.210. The zero-order valence-electron chi connectivity index (χ0n) is 25.2. The van der Waals surface area contributed by atoms with Crippen molar-refractivity contribution in [2.75, 3.05) is 18.1 Å². The molecule has 254 valence electrons. The Labute approximate surface area is 258 Å². The SMILES string of the molecule is CCCCCCCCCCSC[C@H]1O[C@H](O[C@@H]2[C@@H](O)[C@H](O[C@H]3O[C@H](CN)[C@@H](O)[C@H](O)[C@H]3O)[C@@H](N)C[C@H]2N)[C@H](O)[C@@H](N)[C@@H]1O. The van der Waals surface area contributed by atoms with Crippen LogP contribution < -0.4 is 22.9 Å². The van der Waals surface area contributed by atoms with Crippen molar-refractivity contribution >= 4 is 11.8 Å². The van der Waals surface area contributed by atoms with Crippen molar-refractivity contribution in [3.63, 3.8) is 0 Å². The Bertz CT molecular complexity index is 794. The lowest BCUT2D eigenvalue weighted by atomic mass is 9.84. The highest BCUT2D eigenvalue weighted by atomic mass is 32.2. The Morgan fingerprint density at radius 2 is 1.19 bits per heavy atom. The molecule has 0 amide bonds. The van der Waals surface area contributed by atoms with Crippen LogP contribution in [-0.4, -0.2) is 140 Å². The lowest BCUT2D eigenvalue weighted by Crippen LogP contribution is -2.68. The van der Waals surface area contributed by atoms with Crippen molar-refractivity contribution in [1.29, 1.82) is 0 Å². The summed E-state index contributed by atoms with van der Waals surface area (Å²) >= 11 is 1.64. The number of rotatable bonds is 16. The molecule has 2 saturated heterocycles. The van der Waals surface area contributed by atoms with E-state index in [-0.39, 0.29) is 13.0 Å². The number of aliphatic hydroxyl groups is 6. The van der Waals surface area contributed by atoms with Gasteiger partial charge in [0.1, 0.15) is 48.8 Å². The molecule has 1 aliphatic carbocycles. The van der Waals surface area contributed by atoms with Crippen LogP contribution in [0.4, 0.5) is 0 Å². The van der Waals surface area contributed by atoms with Gasteiger partial charge in [-0.2, -0.15) is 11.8 Å². The first-order valence-electron chi connectivity index (χ1n) is 15.8. The maximum atomic E-state index is 11.2. The van der Waals surface area contributed by atoms with E-state index >= 15 is 0 Å². The third-order valence-corrected chi connectivity index (χ3v) is 9.87. The van der Waals surface area contributed by atoms with Crippen LogP contribution in [0.5, 0.6) is 0 Å². The van der Waals surface area contributed by atoms with E-state index in [1.54, 1.807) is 11.8 Å². The largest absolute Gasteiger partial charge is 0.389 e. The Morgan fingerprint density at radius 3 is 1.77 bits per heavy atom. The first-order chi connectivity index (χ1) is 20.5. The van der Waals surface area contributed by atoms with Crippen molar-refractivity contribution in [2.24, 2.45) is 22.9 Å². The lowest BCUT2D eigenvalue weighted by Gasteiger charge is -2.48. The molecule has 0 bridgehead atoms. The average Bonchev–Trinajstić information content (AvgIpc) is 2.98. The van der Waals surface area contributed by atoms with Crippen molar-refractivity contribution in [1.82, 2.24) is 0 Å². The molecule has 14 N–H and O–H groups in total. The van der Waals surface area contributed by atoms with Gasteiger partial charge in [-0.1, -0.05) is 51.9 Å². The van der Waals surface area contributed by atoms with Gasteiger partial charge in [-0.25, -0.2) is 0 Å². The minimum absolute atomic E-state index is 0.135. The van der Waals surface area contributed by atoms with Gasteiger partial charge in [0.05, 0.1) is 18.2 Å². The summed E-state index contributed by atoms with van der Waals surface area (Å²) in [6.45, 7) is 2.06. The first kappa shape index (κ1) is 37.2. The second kappa shape index (κ2) is 18.2. The van der Waals surface area contributed by atoms with Crippen LogP contribution in [0.15, 0.2) is 0 Å². The van der Waals surface area contributed by atoms with Gasteiger partial charge in [0.2, 0.25) is 0 Å². The first-order valence-corrected chi connectivity index (χ1v) is 16.9. The highest BCUT2D eigenvalue weighted by Crippen LogP contribution is 2.32. The van der Waals surface area contributed by atoms with Gasteiger partial charge in [-0.15, -0.1) is 0 Å². The maximum Gasteiger partial charge on any atom is 0.187 e.